The summed E-state index contributed by atoms with van der Waals surface area (Å²) in [5.74, 6) is 0. The Labute approximate surface area is 334 Å². The zero-order chi connectivity index (χ0) is 38.0. The van der Waals surface area contributed by atoms with Crippen molar-refractivity contribution in [1.82, 2.24) is 0 Å². The lowest BCUT2D eigenvalue weighted by Crippen LogP contribution is -2.10. The van der Waals surface area contributed by atoms with Gasteiger partial charge in [-0.1, -0.05) is 188 Å². The minimum absolute atomic E-state index is 1.09. The molecule has 0 N–H and O–H groups in total. The Morgan fingerprint density at radius 1 is 0.193 bits per heavy atom. The first-order valence-electron chi connectivity index (χ1n) is 19.6. The van der Waals surface area contributed by atoms with Gasteiger partial charge in [-0.25, -0.2) is 0 Å². The smallest absolute Gasteiger partial charge is 0.0468 e. The highest BCUT2D eigenvalue weighted by Crippen LogP contribution is 2.44. The Morgan fingerprint density at radius 3 is 1.00 bits per heavy atom. The van der Waals surface area contributed by atoms with Crippen LogP contribution in [0.5, 0.6) is 0 Å². The number of rotatable bonds is 8. The van der Waals surface area contributed by atoms with Crippen molar-refractivity contribution in [3.63, 3.8) is 0 Å². The van der Waals surface area contributed by atoms with E-state index in [0.717, 1.165) is 17.1 Å². The topological polar surface area (TPSA) is 3.24 Å². The second-order valence-electron chi connectivity index (χ2n) is 14.6. The molecule has 0 unspecified atom stereocenters. The van der Waals surface area contributed by atoms with Gasteiger partial charge in [-0.2, -0.15) is 0 Å². The van der Waals surface area contributed by atoms with E-state index in [4.69, 9.17) is 0 Å². The molecular weight excluding hydrogens is 687 g/mol. The second kappa shape index (κ2) is 15.0. The zero-order valence-electron chi connectivity index (χ0n) is 31.5. The third-order valence-electron chi connectivity index (χ3n) is 11.0. The standard InChI is InChI=1S/C56H39N/c1-4-14-40(15-5-1)43-28-30-50(31-29-43)57(51-32-34-53(55(38-51)44-18-6-2-7-19-44)48-26-24-41-16-10-12-22-46(41)36-48)52-33-35-54(56(39-52)45-20-8-3-9-21-45)49-27-25-42-17-11-13-23-47(42)37-49/h1-39H. The third-order valence-corrected chi connectivity index (χ3v) is 11.0. The van der Waals surface area contributed by atoms with Crippen LogP contribution in [0.4, 0.5) is 17.1 Å². The highest BCUT2D eigenvalue weighted by atomic mass is 15.1. The van der Waals surface area contributed by atoms with Crippen LogP contribution in [0.3, 0.4) is 0 Å². The zero-order valence-corrected chi connectivity index (χ0v) is 31.5. The van der Waals surface area contributed by atoms with Crippen LogP contribution in [0.25, 0.3) is 77.2 Å². The van der Waals surface area contributed by atoms with Crippen molar-refractivity contribution in [2.45, 2.75) is 0 Å². The first-order chi connectivity index (χ1) is 28.2. The minimum Gasteiger partial charge on any atom is -0.310 e. The maximum atomic E-state index is 2.40. The van der Waals surface area contributed by atoms with Crippen LogP contribution in [0.2, 0.25) is 0 Å². The lowest BCUT2D eigenvalue weighted by molar-refractivity contribution is 1.28. The van der Waals surface area contributed by atoms with E-state index in [1.165, 1.54) is 77.2 Å². The molecule has 268 valence electrons. The molecule has 57 heavy (non-hydrogen) atoms. The Balaban J connectivity index is 1.17. The van der Waals surface area contributed by atoms with Gasteiger partial charge >= 0.3 is 0 Å². The number of benzene rings is 10. The SMILES string of the molecule is c1ccc(-c2ccc(N(c3ccc(-c4ccc5ccccc5c4)c(-c4ccccc4)c3)c3ccc(-c4ccc5ccccc5c4)c(-c4ccccc4)c3)cc2)cc1. The lowest BCUT2D eigenvalue weighted by Gasteiger charge is -2.28. The summed E-state index contributed by atoms with van der Waals surface area (Å²) in [5, 5.41) is 4.95. The van der Waals surface area contributed by atoms with Crippen molar-refractivity contribution in [2.24, 2.45) is 0 Å². The summed E-state index contributed by atoms with van der Waals surface area (Å²) in [7, 11) is 0. The Hall–Kier alpha value is -7.48. The Bertz CT molecular complexity index is 2820. The summed E-state index contributed by atoms with van der Waals surface area (Å²) in [6.45, 7) is 0. The van der Waals surface area contributed by atoms with Gasteiger partial charge in [-0.05, 0) is 126 Å². The molecule has 10 aromatic rings. The average molecular weight is 726 g/mol. The van der Waals surface area contributed by atoms with Gasteiger partial charge in [0.2, 0.25) is 0 Å². The highest BCUT2D eigenvalue weighted by Gasteiger charge is 2.19. The normalized spacial score (nSPS) is 11.2. The molecule has 0 heterocycles. The van der Waals surface area contributed by atoms with Gasteiger partial charge in [-0.3, -0.25) is 0 Å². The van der Waals surface area contributed by atoms with E-state index in [-0.39, 0.29) is 0 Å². The lowest BCUT2D eigenvalue weighted by atomic mass is 9.91. The van der Waals surface area contributed by atoms with E-state index in [1.54, 1.807) is 0 Å². The summed E-state index contributed by atoms with van der Waals surface area (Å²) in [6, 6.07) is 85.8. The highest BCUT2D eigenvalue weighted by molar-refractivity contribution is 5.96. The fourth-order valence-corrected chi connectivity index (χ4v) is 8.15. The Kier molecular flexibility index (Phi) is 8.95. The predicted octanol–water partition coefficient (Wildman–Crippen LogP) is 15.8. The van der Waals surface area contributed by atoms with E-state index in [9.17, 15) is 0 Å². The Morgan fingerprint density at radius 2 is 0.544 bits per heavy atom. The van der Waals surface area contributed by atoms with Crippen LogP contribution in [0.15, 0.2) is 237 Å². The average Bonchev–Trinajstić information content (AvgIpc) is 3.30. The summed E-state index contributed by atoms with van der Waals surface area (Å²) in [4.78, 5) is 2.40. The van der Waals surface area contributed by atoms with E-state index >= 15 is 0 Å². The number of fused-ring (bicyclic) bond motifs is 2. The molecule has 0 aliphatic carbocycles. The molecule has 0 atom stereocenters. The van der Waals surface area contributed by atoms with Crippen molar-refractivity contribution < 1.29 is 0 Å². The van der Waals surface area contributed by atoms with Crippen LogP contribution in [-0.4, -0.2) is 0 Å². The van der Waals surface area contributed by atoms with Crippen LogP contribution in [0.1, 0.15) is 0 Å². The van der Waals surface area contributed by atoms with Crippen LogP contribution in [0, 0.1) is 0 Å². The second-order valence-corrected chi connectivity index (χ2v) is 14.6. The van der Waals surface area contributed by atoms with Crippen molar-refractivity contribution in [1.29, 1.82) is 0 Å². The fourth-order valence-electron chi connectivity index (χ4n) is 8.15. The van der Waals surface area contributed by atoms with Gasteiger partial charge < -0.3 is 4.90 Å². The van der Waals surface area contributed by atoms with Gasteiger partial charge in [0, 0.05) is 17.1 Å². The van der Waals surface area contributed by atoms with Crippen molar-refractivity contribution in [3.8, 4) is 55.6 Å². The molecule has 0 radical (unpaired) electrons. The summed E-state index contributed by atoms with van der Waals surface area (Å²) < 4.78 is 0. The predicted molar refractivity (Wildman–Crippen MR) is 243 cm³/mol. The first kappa shape index (κ1) is 34.0. The molecule has 0 spiro atoms. The third kappa shape index (κ3) is 6.77. The minimum atomic E-state index is 1.09. The molecule has 0 saturated heterocycles. The monoisotopic (exact) mass is 725 g/mol. The summed E-state index contributed by atoms with van der Waals surface area (Å²) in [6.07, 6.45) is 0. The molecular formula is C56H39N. The van der Waals surface area contributed by atoms with Gasteiger partial charge in [-0.15, -0.1) is 0 Å². The first-order valence-corrected chi connectivity index (χ1v) is 19.6. The molecule has 10 aromatic carbocycles. The molecule has 10 rings (SSSR count). The largest absolute Gasteiger partial charge is 0.310 e. The van der Waals surface area contributed by atoms with Gasteiger partial charge in [0.1, 0.15) is 0 Å². The molecule has 1 heteroatoms. The van der Waals surface area contributed by atoms with Crippen LogP contribution < -0.4 is 4.90 Å². The molecule has 0 aliphatic heterocycles. The molecule has 1 nitrogen and oxygen atoms in total. The summed E-state index contributed by atoms with van der Waals surface area (Å²) >= 11 is 0. The van der Waals surface area contributed by atoms with Crippen LogP contribution in [-0.2, 0) is 0 Å². The van der Waals surface area contributed by atoms with Gasteiger partial charge in [0.05, 0.1) is 0 Å². The maximum Gasteiger partial charge on any atom is 0.0468 e. The van der Waals surface area contributed by atoms with Gasteiger partial charge in [0.25, 0.3) is 0 Å². The fraction of sp³-hybridized carbons (Fsp3) is 0. The number of nitrogens with zero attached hydrogens (tertiary/aromatic N) is 1. The number of hydrogen-bond acceptors (Lipinski definition) is 1. The molecule has 0 aromatic heterocycles. The number of anilines is 3. The number of hydrogen-bond donors (Lipinski definition) is 0. The molecule has 0 fully saturated rings. The maximum absolute atomic E-state index is 2.40. The quantitative estimate of drug-likeness (QED) is 0.151. The van der Waals surface area contributed by atoms with Crippen molar-refractivity contribution in [2.75, 3.05) is 4.90 Å². The van der Waals surface area contributed by atoms with Crippen LogP contribution >= 0.6 is 0 Å². The van der Waals surface area contributed by atoms with E-state index in [2.05, 4.69) is 241 Å². The van der Waals surface area contributed by atoms with E-state index in [0.29, 0.717) is 0 Å². The molecule has 0 bridgehead atoms. The molecule has 0 aliphatic rings. The van der Waals surface area contributed by atoms with E-state index < -0.39 is 0 Å². The van der Waals surface area contributed by atoms with Gasteiger partial charge in [0.15, 0.2) is 0 Å². The molecule has 0 amide bonds. The summed E-state index contributed by atoms with van der Waals surface area (Å²) in [5.41, 5.74) is 15.2. The van der Waals surface area contributed by atoms with E-state index in [1.807, 2.05) is 0 Å². The van der Waals surface area contributed by atoms with Crippen molar-refractivity contribution in [3.05, 3.63) is 237 Å². The molecule has 0 saturated carbocycles. The van der Waals surface area contributed by atoms with Crippen molar-refractivity contribution >= 4 is 38.6 Å².